The summed E-state index contributed by atoms with van der Waals surface area (Å²) in [6.45, 7) is 3.11. The molecule has 24 heavy (non-hydrogen) atoms. The Hall–Kier alpha value is -2.60. The predicted octanol–water partition coefficient (Wildman–Crippen LogP) is 2.32. The van der Waals surface area contributed by atoms with E-state index in [0.717, 1.165) is 16.9 Å². The van der Waals surface area contributed by atoms with E-state index < -0.39 is 0 Å². The van der Waals surface area contributed by atoms with Crippen LogP contribution in [-0.2, 0) is 22.7 Å². The Morgan fingerprint density at radius 1 is 1.25 bits per heavy atom. The van der Waals surface area contributed by atoms with Crippen molar-refractivity contribution < 1.29 is 19.0 Å². The molecule has 1 heterocycles. The SMILES string of the molecule is CCOc1ncccc1CNC(=O)COCc1cccc(OC)c1. The van der Waals surface area contributed by atoms with Crippen LogP contribution < -0.4 is 14.8 Å². The molecule has 0 aliphatic rings. The van der Waals surface area contributed by atoms with Crippen LogP contribution in [0, 0.1) is 0 Å². The van der Waals surface area contributed by atoms with Crippen molar-refractivity contribution in [2.75, 3.05) is 20.3 Å². The van der Waals surface area contributed by atoms with Gasteiger partial charge in [0, 0.05) is 18.3 Å². The summed E-state index contributed by atoms with van der Waals surface area (Å²) >= 11 is 0. The van der Waals surface area contributed by atoms with Gasteiger partial charge in [0.25, 0.3) is 0 Å². The molecule has 1 aromatic heterocycles. The van der Waals surface area contributed by atoms with Gasteiger partial charge in [-0.1, -0.05) is 18.2 Å². The number of benzene rings is 1. The fraction of sp³-hybridized carbons (Fsp3) is 0.333. The van der Waals surface area contributed by atoms with Gasteiger partial charge in [0.1, 0.15) is 12.4 Å². The summed E-state index contributed by atoms with van der Waals surface area (Å²) in [5.74, 6) is 1.11. The topological polar surface area (TPSA) is 69.7 Å². The third-order valence-electron chi connectivity index (χ3n) is 3.24. The number of ether oxygens (including phenoxy) is 3. The summed E-state index contributed by atoms with van der Waals surface area (Å²) in [5, 5.41) is 2.80. The Bertz CT molecular complexity index is 661. The molecule has 6 heteroatoms. The third kappa shape index (κ3) is 5.55. The Morgan fingerprint density at radius 3 is 2.92 bits per heavy atom. The zero-order chi connectivity index (χ0) is 17.2. The van der Waals surface area contributed by atoms with Crippen LogP contribution in [0.15, 0.2) is 42.6 Å². The minimum absolute atomic E-state index is 0.0125. The summed E-state index contributed by atoms with van der Waals surface area (Å²) in [6.07, 6.45) is 1.66. The Morgan fingerprint density at radius 2 is 2.12 bits per heavy atom. The Kier molecular flexibility index (Phi) is 7.04. The van der Waals surface area contributed by atoms with E-state index in [-0.39, 0.29) is 12.5 Å². The number of amides is 1. The first-order chi connectivity index (χ1) is 11.7. The molecule has 1 aromatic carbocycles. The van der Waals surface area contributed by atoms with E-state index >= 15 is 0 Å². The highest BCUT2D eigenvalue weighted by Crippen LogP contribution is 2.14. The Balaban J connectivity index is 1.75. The highest BCUT2D eigenvalue weighted by molar-refractivity contribution is 5.77. The molecule has 1 N–H and O–H groups in total. The smallest absolute Gasteiger partial charge is 0.246 e. The molecule has 2 rings (SSSR count). The van der Waals surface area contributed by atoms with Crippen LogP contribution in [0.1, 0.15) is 18.1 Å². The third-order valence-corrected chi connectivity index (χ3v) is 3.24. The number of rotatable bonds is 9. The molecule has 1 amide bonds. The van der Waals surface area contributed by atoms with E-state index in [1.165, 1.54) is 0 Å². The number of hydrogen-bond donors (Lipinski definition) is 1. The molecule has 0 bridgehead atoms. The van der Waals surface area contributed by atoms with Crippen molar-refractivity contribution in [3.63, 3.8) is 0 Å². The summed E-state index contributed by atoms with van der Waals surface area (Å²) < 4.78 is 16.0. The first-order valence-electron chi connectivity index (χ1n) is 7.77. The largest absolute Gasteiger partial charge is 0.497 e. The van der Waals surface area contributed by atoms with Crippen LogP contribution in [0.3, 0.4) is 0 Å². The Labute approximate surface area is 141 Å². The molecule has 0 saturated carbocycles. The lowest BCUT2D eigenvalue weighted by atomic mass is 10.2. The van der Waals surface area contributed by atoms with Crippen molar-refractivity contribution >= 4 is 5.91 Å². The molecule has 2 aromatic rings. The van der Waals surface area contributed by atoms with Crippen molar-refractivity contribution in [2.45, 2.75) is 20.1 Å². The minimum Gasteiger partial charge on any atom is -0.497 e. The zero-order valence-corrected chi connectivity index (χ0v) is 14.0. The average Bonchev–Trinajstić information content (AvgIpc) is 2.61. The van der Waals surface area contributed by atoms with Crippen molar-refractivity contribution in [1.29, 1.82) is 0 Å². The number of carbonyl (C=O) groups is 1. The van der Waals surface area contributed by atoms with Gasteiger partial charge in [-0.25, -0.2) is 4.98 Å². The van der Waals surface area contributed by atoms with E-state index in [1.54, 1.807) is 13.3 Å². The lowest BCUT2D eigenvalue weighted by molar-refractivity contribution is -0.126. The van der Waals surface area contributed by atoms with Crippen LogP contribution in [-0.4, -0.2) is 31.2 Å². The fourth-order valence-electron chi connectivity index (χ4n) is 2.09. The molecule has 0 aliphatic heterocycles. The molecule has 0 aliphatic carbocycles. The van der Waals surface area contributed by atoms with Crippen molar-refractivity contribution in [3.05, 3.63) is 53.7 Å². The second kappa shape index (κ2) is 9.52. The molecule has 0 fully saturated rings. The van der Waals surface area contributed by atoms with Gasteiger partial charge >= 0.3 is 0 Å². The maximum Gasteiger partial charge on any atom is 0.246 e. The lowest BCUT2D eigenvalue weighted by Crippen LogP contribution is -2.27. The normalized spacial score (nSPS) is 10.2. The lowest BCUT2D eigenvalue weighted by Gasteiger charge is -2.10. The van der Waals surface area contributed by atoms with Crippen LogP contribution in [0.2, 0.25) is 0 Å². The summed E-state index contributed by atoms with van der Waals surface area (Å²) in [6, 6.07) is 11.2. The number of methoxy groups -OCH3 is 1. The first kappa shape index (κ1) is 17.7. The van der Waals surface area contributed by atoms with Crippen LogP contribution in [0.25, 0.3) is 0 Å². The maximum absolute atomic E-state index is 11.9. The molecule has 0 atom stereocenters. The highest BCUT2D eigenvalue weighted by Gasteiger charge is 2.07. The van der Waals surface area contributed by atoms with E-state index in [9.17, 15) is 4.79 Å². The van der Waals surface area contributed by atoms with Gasteiger partial charge in [-0.15, -0.1) is 0 Å². The average molecular weight is 330 g/mol. The molecular weight excluding hydrogens is 308 g/mol. The second-order valence-electron chi connectivity index (χ2n) is 5.02. The van der Waals surface area contributed by atoms with Crippen molar-refractivity contribution in [1.82, 2.24) is 10.3 Å². The number of pyridine rings is 1. The van der Waals surface area contributed by atoms with Crippen LogP contribution in [0.4, 0.5) is 0 Å². The number of carbonyl (C=O) groups excluding carboxylic acids is 1. The molecule has 0 spiro atoms. The fourth-order valence-corrected chi connectivity index (χ4v) is 2.09. The molecule has 0 radical (unpaired) electrons. The summed E-state index contributed by atoms with van der Waals surface area (Å²) in [5.41, 5.74) is 1.79. The summed E-state index contributed by atoms with van der Waals surface area (Å²) in [4.78, 5) is 16.0. The first-order valence-corrected chi connectivity index (χ1v) is 7.77. The number of nitrogens with one attached hydrogen (secondary N) is 1. The molecule has 0 saturated heterocycles. The van der Waals surface area contributed by atoms with Crippen LogP contribution >= 0.6 is 0 Å². The van der Waals surface area contributed by atoms with Gasteiger partial charge in [-0.2, -0.15) is 0 Å². The van der Waals surface area contributed by atoms with E-state index in [4.69, 9.17) is 14.2 Å². The highest BCUT2D eigenvalue weighted by atomic mass is 16.5. The van der Waals surface area contributed by atoms with Crippen molar-refractivity contribution in [2.24, 2.45) is 0 Å². The number of aromatic nitrogens is 1. The standard InChI is InChI=1S/C18H22N2O4/c1-3-24-18-15(7-5-9-19-18)11-20-17(21)13-23-12-14-6-4-8-16(10-14)22-2/h4-10H,3,11-13H2,1-2H3,(H,20,21). The van der Waals surface area contributed by atoms with Gasteiger partial charge in [-0.3, -0.25) is 4.79 Å². The molecule has 128 valence electrons. The quantitative estimate of drug-likeness (QED) is 0.764. The van der Waals surface area contributed by atoms with Gasteiger partial charge in [0.2, 0.25) is 11.8 Å². The van der Waals surface area contributed by atoms with Gasteiger partial charge in [-0.05, 0) is 30.7 Å². The number of nitrogens with zero attached hydrogens (tertiary/aromatic N) is 1. The second-order valence-corrected chi connectivity index (χ2v) is 5.02. The molecule has 0 unspecified atom stereocenters. The van der Waals surface area contributed by atoms with Gasteiger partial charge in [0.05, 0.1) is 20.3 Å². The summed E-state index contributed by atoms with van der Waals surface area (Å²) in [7, 11) is 1.61. The van der Waals surface area contributed by atoms with E-state index in [1.807, 2.05) is 43.3 Å². The zero-order valence-electron chi connectivity index (χ0n) is 14.0. The minimum atomic E-state index is -0.191. The molecule has 6 nitrogen and oxygen atoms in total. The monoisotopic (exact) mass is 330 g/mol. The maximum atomic E-state index is 11.9. The predicted molar refractivity (Wildman–Crippen MR) is 89.9 cm³/mol. The van der Waals surface area contributed by atoms with E-state index in [2.05, 4.69) is 10.3 Å². The van der Waals surface area contributed by atoms with E-state index in [0.29, 0.717) is 25.6 Å². The van der Waals surface area contributed by atoms with Gasteiger partial charge < -0.3 is 19.5 Å². The molecular formula is C18H22N2O4. The van der Waals surface area contributed by atoms with Crippen molar-refractivity contribution in [3.8, 4) is 11.6 Å². The number of hydrogen-bond acceptors (Lipinski definition) is 5. The van der Waals surface area contributed by atoms with Gasteiger partial charge in [0.15, 0.2) is 0 Å². The van der Waals surface area contributed by atoms with Crippen LogP contribution in [0.5, 0.6) is 11.6 Å².